The minimum atomic E-state index is -0.471. The van der Waals surface area contributed by atoms with Gasteiger partial charge in [-0.25, -0.2) is 4.79 Å². The van der Waals surface area contributed by atoms with E-state index in [2.05, 4.69) is 10.2 Å². The summed E-state index contributed by atoms with van der Waals surface area (Å²) < 4.78 is 6.67. The molecular weight excluding hydrogens is 182 g/mol. The lowest BCUT2D eigenvalue weighted by molar-refractivity contribution is 0.560. The quantitative estimate of drug-likeness (QED) is 0.523. The van der Waals surface area contributed by atoms with Gasteiger partial charge in [0, 0.05) is 0 Å². The molecular formula is C9H5N3O2. The summed E-state index contributed by atoms with van der Waals surface area (Å²) in [5, 5.41) is 7.34. The van der Waals surface area contributed by atoms with E-state index in [1.165, 1.54) is 6.33 Å². The number of nitrogens with zero attached hydrogens (tertiary/aromatic N) is 3. The molecule has 5 heteroatoms. The van der Waals surface area contributed by atoms with Crippen LogP contribution in [0.5, 0.6) is 0 Å². The van der Waals surface area contributed by atoms with Crippen LogP contribution < -0.4 is 5.63 Å². The van der Waals surface area contributed by atoms with Crippen LogP contribution in [0, 0.1) is 0 Å². The predicted molar refractivity (Wildman–Crippen MR) is 49.0 cm³/mol. The summed E-state index contributed by atoms with van der Waals surface area (Å²) in [7, 11) is 0. The van der Waals surface area contributed by atoms with Crippen molar-refractivity contribution in [2.24, 2.45) is 0 Å². The normalized spacial score (nSPS) is 11.1. The van der Waals surface area contributed by atoms with Crippen molar-refractivity contribution in [1.29, 1.82) is 0 Å². The monoisotopic (exact) mass is 187 g/mol. The molecule has 2 aromatic heterocycles. The summed E-state index contributed by atoms with van der Waals surface area (Å²) in [5.74, 6) is 0. The fraction of sp³-hybridized carbons (Fsp3) is 0. The highest BCUT2D eigenvalue weighted by atomic mass is 16.4. The molecule has 1 aromatic carbocycles. The Morgan fingerprint density at radius 3 is 3.07 bits per heavy atom. The van der Waals surface area contributed by atoms with Crippen molar-refractivity contribution in [3.05, 3.63) is 41.0 Å². The average Bonchev–Trinajstić information content (AvgIpc) is 2.67. The summed E-state index contributed by atoms with van der Waals surface area (Å²) in [4.78, 5) is 11.4. The SMILES string of the molecule is O=c1oc2ccccc2n2cnnc12. The molecule has 0 saturated carbocycles. The Bertz CT molecular complexity index is 668. The summed E-state index contributed by atoms with van der Waals surface area (Å²) in [6.45, 7) is 0. The number of aromatic nitrogens is 3. The second kappa shape index (κ2) is 2.41. The molecule has 0 atom stereocenters. The number of fused-ring (bicyclic) bond motifs is 3. The van der Waals surface area contributed by atoms with Gasteiger partial charge in [-0.05, 0) is 12.1 Å². The number of para-hydroxylation sites is 2. The van der Waals surface area contributed by atoms with Gasteiger partial charge in [0.15, 0.2) is 5.58 Å². The van der Waals surface area contributed by atoms with Gasteiger partial charge in [-0.2, -0.15) is 0 Å². The van der Waals surface area contributed by atoms with E-state index in [1.54, 1.807) is 10.5 Å². The lowest BCUT2D eigenvalue weighted by atomic mass is 10.3. The van der Waals surface area contributed by atoms with Crippen molar-refractivity contribution in [3.63, 3.8) is 0 Å². The van der Waals surface area contributed by atoms with E-state index in [0.717, 1.165) is 5.52 Å². The Balaban J connectivity index is 2.73. The highest BCUT2D eigenvalue weighted by molar-refractivity contribution is 5.74. The number of hydrogen-bond donors (Lipinski definition) is 0. The first kappa shape index (κ1) is 7.25. The van der Waals surface area contributed by atoms with Gasteiger partial charge in [0.1, 0.15) is 6.33 Å². The van der Waals surface area contributed by atoms with E-state index in [9.17, 15) is 4.79 Å². The molecule has 0 N–H and O–H groups in total. The zero-order chi connectivity index (χ0) is 9.54. The molecule has 0 spiro atoms. The molecule has 3 rings (SSSR count). The lowest BCUT2D eigenvalue weighted by Crippen LogP contribution is -2.04. The van der Waals surface area contributed by atoms with Crippen LogP contribution in [-0.4, -0.2) is 14.6 Å². The molecule has 0 fully saturated rings. The highest BCUT2D eigenvalue weighted by Gasteiger charge is 2.06. The van der Waals surface area contributed by atoms with Crippen molar-refractivity contribution in [3.8, 4) is 0 Å². The van der Waals surface area contributed by atoms with Gasteiger partial charge in [0.25, 0.3) is 0 Å². The van der Waals surface area contributed by atoms with Gasteiger partial charge in [0.05, 0.1) is 5.52 Å². The first-order chi connectivity index (χ1) is 6.86. The molecule has 0 unspecified atom stereocenters. The van der Waals surface area contributed by atoms with Crippen LogP contribution in [0.1, 0.15) is 0 Å². The van der Waals surface area contributed by atoms with E-state index in [0.29, 0.717) is 5.58 Å². The van der Waals surface area contributed by atoms with Crippen molar-refractivity contribution < 1.29 is 4.42 Å². The summed E-state index contributed by atoms with van der Waals surface area (Å²) in [5.41, 5.74) is 1.06. The Hall–Kier alpha value is -2.17. The second-order valence-corrected chi connectivity index (χ2v) is 2.88. The van der Waals surface area contributed by atoms with Gasteiger partial charge >= 0.3 is 5.63 Å². The maximum Gasteiger partial charge on any atom is 0.382 e. The fourth-order valence-corrected chi connectivity index (χ4v) is 1.44. The first-order valence-corrected chi connectivity index (χ1v) is 4.08. The molecule has 0 bridgehead atoms. The topological polar surface area (TPSA) is 60.4 Å². The van der Waals surface area contributed by atoms with Crippen LogP contribution in [-0.2, 0) is 0 Å². The predicted octanol–water partition coefficient (Wildman–Crippen LogP) is 0.836. The Labute approximate surface area is 77.6 Å². The van der Waals surface area contributed by atoms with Gasteiger partial charge in [0.2, 0.25) is 5.65 Å². The molecule has 2 heterocycles. The molecule has 14 heavy (non-hydrogen) atoms. The van der Waals surface area contributed by atoms with Crippen molar-refractivity contribution in [2.45, 2.75) is 0 Å². The molecule has 3 aromatic rings. The van der Waals surface area contributed by atoms with E-state index in [-0.39, 0.29) is 5.65 Å². The molecule has 5 nitrogen and oxygen atoms in total. The Kier molecular flexibility index (Phi) is 1.25. The van der Waals surface area contributed by atoms with Crippen LogP contribution in [0.15, 0.2) is 39.8 Å². The maximum atomic E-state index is 11.4. The van der Waals surface area contributed by atoms with Crippen LogP contribution >= 0.6 is 0 Å². The fourth-order valence-electron chi connectivity index (χ4n) is 1.44. The third kappa shape index (κ3) is 0.806. The molecule has 0 aliphatic heterocycles. The van der Waals surface area contributed by atoms with Crippen molar-refractivity contribution >= 4 is 16.7 Å². The van der Waals surface area contributed by atoms with E-state index >= 15 is 0 Å². The first-order valence-electron chi connectivity index (χ1n) is 4.08. The van der Waals surface area contributed by atoms with E-state index < -0.39 is 5.63 Å². The molecule has 0 amide bonds. The smallest absolute Gasteiger partial charge is 0.382 e. The molecule has 0 aliphatic rings. The molecule has 68 valence electrons. The van der Waals surface area contributed by atoms with Gasteiger partial charge < -0.3 is 4.42 Å². The summed E-state index contributed by atoms with van der Waals surface area (Å²) in [6, 6.07) is 7.24. The summed E-state index contributed by atoms with van der Waals surface area (Å²) in [6.07, 6.45) is 1.49. The zero-order valence-electron chi connectivity index (χ0n) is 7.04. The van der Waals surface area contributed by atoms with Crippen LogP contribution in [0.3, 0.4) is 0 Å². The molecule has 0 radical (unpaired) electrons. The highest BCUT2D eigenvalue weighted by Crippen LogP contribution is 2.11. The van der Waals surface area contributed by atoms with Crippen LogP contribution in [0.4, 0.5) is 0 Å². The van der Waals surface area contributed by atoms with E-state index in [4.69, 9.17) is 4.42 Å². The van der Waals surface area contributed by atoms with Crippen LogP contribution in [0.2, 0.25) is 0 Å². The molecule has 0 saturated heterocycles. The standard InChI is InChI=1S/C9H5N3O2/c13-9-8-11-10-5-12(8)6-3-1-2-4-7(6)14-9/h1-5H. The second-order valence-electron chi connectivity index (χ2n) is 2.88. The third-order valence-corrected chi connectivity index (χ3v) is 2.06. The van der Waals surface area contributed by atoms with Gasteiger partial charge in [-0.15, -0.1) is 10.2 Å². The minimum Gasteiger partial charge on any atom is -0.418 e. The summed E-state index contributed by atoms with van der Waals surface area (Å²) >= 11 is 0. The van der Waals surface area contributed by atoms with Gasteiger partial charge in [-0.1, -0.05) is 12.1 Å². The van der Waals surface area contributed by atoms with Crippen molar-refractivity contribution in [2.75, 3.05) is 0 Å². The average molecular weight is 187 g/mol. The van der Waals surface area contributed by atoms with Gasteiger partial charge in [-0.3, -0.25) is 4.40 Å². The Morgan fingerprint density at radius 2 is 2.14 bits per heavy atom. The maximum absolute atomic E-state index is 11.4. The number of hydrogen-bond acceptors (Lipinski definition) is 4. The zero-order valence-corrected chi connectivity index (χ0v) is 7.04. The number of rotatable bonds is 0. The number of benzene rings is 1. The molecule has 0 aliphatic carbocycles. The largest absolute Gasteiger partial charge is 0.418 e. The Morgan fingerprint density at radius 1 is 1.29 bits per heavy atom. The minimum absolute atomic E-state index is 0.212. The van der Waals surface area contributed by atoms with Crippen LogP contribution in [0.25, 0.3) is 16.7 Å². The lowest BCUT2D eigenvalue weighted by Gasteiger charge is -1.97. The third-order valence-electron chi connectivity index (χ3n) is 2.06. The van der Waals surface area contributed by atoms with E-state index in [1.807, 2.05) is 18.2 Å². The van der Waals surface area contributed by atoms with Crippen molar-refractivity contribution in [1.82, 2.24) is 14.6 Å².